The Balaban J connectivity index is 4.17. The van der Waals surface area contributed by atoms with Crippen molar-refractivity contribution in [2.75, 3.05) is 0 Å². The lowest BCUT2D eigenvalue weighted by Crippen LogP contribution is -2.16. The van der Waals surface area contributed by atoms with Gasteiger partial charge in [-0.1, -0.05) is 60.1 Å². The minimum absolute atomic E-state index is 0.675. The predicted molar refractivity (Wildman–Crippen MR) is 71.0 cm³/mol. The van der Waals surface area contributed by atoms with E-state index in [-0.39, 0.29) is 0 Å². The van der Waals surface area contributed by atoms with Gasteiger partial charge in [0.05, 0.1) is 0 Å². The van der Waals surface area contributed by atoms with Crippen molar-refractivity contribution < 1.29 is 0 Å². The maximum Gasteiger partial charge on any atom is -0.0206 e. The summed E-state index contributed by atoms with van der Waals surface area (Å²) in [5, 5.41) is 0. The summed E-state index contributed by atoms with van der Waals surface area (Å²) in [5.74, 6) is 2.95. The Labute approximate surface area is 97.2 Å². The molecule has 0 heterocycles. The summed E-state index contributed by atoms with van der Waals surface area (Å²) in [7, 11) is 0. The fraction of sp³-hybridized carbons (Fsp3) is 0.867. The third kappa shape index (κ3) is 5.39. The molecular weight excluding hydrogens is 180 g/mol. The first-order valence-corrected chi connectivity index (χ1v) is 6.58. The van der Waals surface area contributed by atoms with E-state index in [1.165, 1.54) is 24.8 Å². The third-order valence-electron chi connectivity index (χ3n) is 3.64. The summed E-state index contributed by atoms with van der Waals surface area (Å²) < 4.78 is 0. The summed E-state index contributed by atoms with van der Waals surface area (Å²) in [6, 6.07) is 0. The Kier molecular flexibility index (Phi) is 6.96. The van der Waals surface area contributed by atoms with Gasteiger partial charge in [-0.15, -0.1) is 0 Å². The van der Waals surface area contributed by atoms with Crippen LogP contribution in [0.3, 0.4) is 0 Å². The molecule has 90 valence electrons. The zero-order chi connectivity index (χ0) is 12.0. The van der Waals surface area contributed by atoms with Crippen LogP contribution in [0.15, 0.2) is 12.2 Å². The Morgan fingerprint density at radius 2 is 1.60 bits per heavy atom. The Morgan fingerprint density at radius 3 is 2.00 bits per heavy atom. The molecular formula is C15H30. The molecule has 0 heteroatoms. The van der Waals surface area contributed by atoms with Crippen molar-refractivity contribution in [3.05, 3.63) is 12.2 Å². The molecule has 0 rings (SSSR count). The first-order chi connectivity index (χ1) is 6.90. The second kappa shape index (κ2) is 7.09. The highest BCUT2D eigenvalue weighted by Crippen LogP contribution is 2.30. The molecule has 0 nitrogen and oxygen atoms in total. The van der Waals surface area contributed by atoms with E-state index < -0.39 is 0 Å². The maximum absolute atomic E-state index is 4.30. The quantitative estimate of drug-likeness (QED) is 0.500. The fourth-order valence-electron chi connectivity index (χ4n) is 2.38. The summed E-state index contributed by atoms with van der Waals surface area (Å²) in [5.41, 5.74) is 1.46. The van der Waals surface area contributed by atoms with E-state index in [0.717, 1.165) is 11.8 Å². The van der Waals surface area contributed by atoms with E-state index in [0.29, 0.717) is 11.8 Å². The van der Waals surface area contributed by atoms with Crippen LogP contribution >= 0.6 is 0 Å². The summed E-state index contributed by atoms with van der Waals surface area (Å²) >= 11 is 0. The zero-order valence-electron chi connectivity index (χ0n) is 11.6. The molecule has 0 N–H and O–H groups in total. The molecule has 3 atom stereocenters. The molecule has 0 aromatic carbocycles. The van der Waals surface area contributed by atoms with Crippen LogP contribution in [0, 0.1) is 23.7 Å². The normalized spacial score (nSPS) is 17.5. The van der Waals surface area contributed by atoms with Crippen LogP contribution in [-0.4, -0.2) is 0 Å². The SMILES string of the molecule is C=C(C(C)CCC)C(C)C(C)CC(C)C. The molecule has 0 aromatic heterocycles. The third-order valence-corrected chi connectivity index (χ3v) is 3.64. The van der Waals surface area contributed by atoms with Gasteiger partial charge in [0.1, 0.15) is 0 Å². The molecule has 0 saturated carbocycles. The number of allylic oxidation sites excluding steroid dienone is 1. The predicted octanol–water partition coefficient (Wildman–Crippen LogP) is 5.30. The second-order valence-electron chi connectivity index (χ2n) is 5.66. The van der Waals surface area contributed by atoms with Gasteiger partial charge >= 0.3 is 0 Å². The molecule has 0 bridgehead atoms. The summed E-state index contributed by atoms with van der Waals surface area (Å²) in [6.07, 6.45) is 3.88. The molecule has 0 aromatic rings. The molecule has 0 spiro atoms. The average molecular weight is 210 g/mol. The Hall–Kier alpha value is -0.260. The molecule has 0 fully saturated rings. The van der Waals surface area contributed by atoms with Crippen molar-refractivity contribution in [2.24, 2.45) is 23.7 Å². The van der Waals surface area contributed by atoms with Crippen LogP contribution in [-0.2, 0) is 0 Å². The van der Waals surface area contributed by atoms with Gasteiger partial charge in [0.2, 0.25) is 0 Å². The smallest absolute Gasteiger partial charge is 0.0206 e. The van der Waals surface area contributed by atoms with Gasteiger partial charge < -0.3 is 0 Å². The largest absolute Gasteiger partial charge is 0.0993 e. The monoisotopic (exact) mass is 210 g/mol. The summed E-state index contributed by atoms with van der Waals surface area (Å²) in [6.45, 7) is 18.2. The first kappa shape index (κ1) is 14.7. The molecule has 0 aliphatic heterocycles. The lowest BCUT2D eigenvalue weighted by Gasteiger charge is -2.27. The number of rotatable bonds is 7. The van der Waals surface area contributed by atoms with Crippen molar-refractivity contribution in [3.63, 3.8) is 0 Å². The van der Waals surface area contributed by atoms with E-state index in [1.807, 2.05) is 0 Å². The van der Waals surface area contributed by atoms with Crippen molar-refractivity contribution in [1.29, 1.82) is 0 Å². The van der Waals surface area contributed by atoms with E-state index in [1.54, 1.807) is 0 Å². The minimum atomic E-state index is 0.675. The fourth-order valence-corrected chi connectivity index (χ4v) is 2.38. The van der Waals surface area contributed by atoms with Crippen LogP contribution in [0.2, 0.25) is 0 Å². The highest BCUT2D eigenvalue weighted by atomic mass is 14.2. The highest BCUT2D eigenvalue weighted by Gasteiger charge is 2.19. The maximum atomic E-state index is 4.30. The van der Waals surface area contributed by atoms with Gasteiger partial charge in [-0.3, -0.25) is 0 Å². The van der Waals surface area contributed by atoms with Crippen LogP contribution < -0.4 is 0 Å². The average Bonchev–Trinajstić information content (AvgIpc) is 2.14. The standard InChI is InChI=1S/C15H30/c1-8-9-12(4)14(6)15(7)13(5)10-11(2)3/h11-13,15H,6,8-10H2,1-5,7H3. The van der Waals surface area contributed by atoms with Crippen LogP contribution in [0.5, 0.6) is 0 Å². The van der Waals surface area contributed by atoms with Gasteiger partial charge in [0.25, 0.3) is 0 Å². The molecule has 0 amide bonds. The van der Waals surface area contributed by atoms with Crippen LogP contribution in [0.4, 0.5) is 0 Å². The number of hydrogen-bond acceptors (Lipinski definition) is 0. The van der Waals surface area contributed by atoms with Crippen molar-refractivity contribution in [1.82, 2.24) is 0 Å². The van der Waals surface area contributed by atoms with E-state index >= 15 is 0 Å². The second-order valence-corrected chi connectivity index (χ2v) is 5.66. The first-order valence-electron chi connectivity index (χ1n) is 6.58. The van der Waals surface area contributed by atoms with Crippen LogP contribution in [0.25, 0.3) is 0 Å². The summed E-state index contributed by atoms with van der Waals surface area (Å²) in [4.78, 5) is 0. The van der Waals surface area contributed by atoms with E-state index in [4.69, 9.17) is 0 Å². The van der Waals surface area contributed by atoms with E-state index in [9.17, 15) is 0 Å². The molecule has 0 saturated heterocycles. The van der Waals surface area contributed by atoms with Gasteiger partial charge in [0, 0.05) is 0 Å². The van der Waals surface area contributed by atoms with Crippen molar-refractivity contribution >= 4 is 0 Å². The minimum Gasteiger partial charge on any atom is -0.0993 e. The number of hydrogen-bond donors (Lipinski definition) is 0. The van der Waals surface area contributed by atoms with Gasteiger partial charge in [0.15, 0.2) is 0 Å². The molecule has 0 aliphatic carbocycles. The van der Waals surface area contributed by atoms with Crippen molar-refractivity contribution in [2.45, 2.75) is 60.8 Å². The van der Waals surface area contributed by atoms with E-state index in [2.05, 4.69) is 48.1 Å². The molecule has 0 aliphatic rings. The van der Waals surface area contributed by atoms with Gasteiger partial charge in [-0.05, 0) is 36.5 Å². The lowest BCUT2D eigenvalue weighted by molar-refractivity contribution is 0.337. The van der Waals surface area contributed by atoms with Crippen LogP contribution in [0.1, 0.15) is 60.8 Å². The molecule has 0 radical (unpaired) electrons. The Bertz CT molecular complexity index is 178. The van der Waals surface area contributed by atoms with Gasteiger partial charge in [-0.2, -0.15) is 0 Å². The van der Waals surface area contributed by atoms with Gasteiger partial charge in [-0.25, -0.2) is 0 Å². The zero-order valence-corrected chi connectivity index (χ0v) is 11.6. The van der Waals surface area contributed by atoms with Crippen molar-refractivity contribution in [3.8, 4) is 0 Å². The molecule has 3 unspecified atom stereocenters. The topological polar surface area (TPSA) is 0 Å². The highest BCUT2D eigenvalue weighted by molar-refractivity contribution is 5.04. The Morgan fingerprint density at radius 1 is 1.07 bits per heavy atom. The lowest BCUT2D eigenvalue weighted by atomic mass is 9.79. The molecule has 15 heavy (non-hydrogen) atoms.